The second kappa shape index (κ2) is 9.56. The van der Waals surface area contributed by atoms with E-state index in [1.165, 1.54) is 4.31 Å². The maximum absolute atomic E-state index is 14.0. The van der Waals surface area contributed by atoms with Gasteiger partial charge in [-0.2, -0.15) is 5.10 Å². The summed E-state index contributed by atoms with van der Waals surface area (Å²) in [5.74, 6) is 0.284. The molecular weight excluding hydrogens is 478 g/mol. The predicted molar refractivity (Wildman–Crippen MR) is 141 cm³/mol. The summed E-state index contributed by atoms with van der Waals surface area (Å²) in [5, 5.41) is 7.26. The Labute approximate surface area is 211 Å². The van der Waals surface area contributed by atoms with Crippen LogP contribution in [0.15, 0.2) is 119 Å². The standard InChI is InChI=1S/C28H24ClN3O2S/c1-21-16-18-24(19-17-21)35(33,34)31-20-27(22-10-4-2-5-11-22)32(23-12-6-3-7-13-23)30-28(31)25-14-8-9-15-26(25)29/h2-19,27H,20H2,1H3. The van der Waals surface area contributed by atoms with E-state index in [-0.39, 0.29) is 23.3 Å². The topological polar surface area (TPSA) is 53.0 Å². The molecule has 176 valence electrons. The van der Waals surface area contributed by atoms with Crippen LogP contribution in [0.4, 0.5) is 5.69 Å². The van der Waals surface area contributed by atoms with Crippen LogP contribution < -0.4 is 5.01 Å². The van der Waals surface area contributed by atoms with Gasteiger partial charge < -0.3 is 0 Å². The minimum atomic E-state index is -3.92. The van der Waals surface area contributed by atoms with Crippen LogP contribution in [-0.4, -0.2) is 25.1 Å². The first-order valence-electron chi connectivity index (χ1n) is 11.3. The molecule has 0 bridgehead atoms. The van der Waals surface area contributed by atoms with Gasteiger partial charge in [-0.05, 0) is 48.9 Å². The van der Waals surface area contributed by atoms with Crippen molar-refractivity contribution in [1.29, 1.82) is 0 Å². The Hall–Kier alpha value is -3.61. The molecule has 7 heteroatoms. The fraction of sp³-hybridized carbons (Fsp3) is 0.107. The van der Waals surface area contributed by atoms with Gasteiger partial charge in [0, 0.05) is 5.56 Å². The first kappa shape index (κ1) is 23.1. The summed E-state index contributed by atoms with van der Waals surface area (Å²) in [4.78, 5) is 0.211. The summed E-state index contributed by atoms with van der Waals surface area (Å²) in [6.45, 7) is 2.09. The van der Waals surface area contributed by atoms with Crippen LogP contribution in [-0.2, 0) is 10.0 Å². The van der Waals surface area contributed by atoms with Crippen LogP contribution in [0.1, 0.15) is 22.7 Å². The molecule has 4 aromatic carbocycles. The van der Waals surface area contributed by atoms with Crippen molar-refractivity contribution in [3.05, 3.63) is 131 Å². The van der Waals surface area contributed by atoms with Crippen LogP contribution in [0.3, 0.4) is 0 Å². The Kier molecular flexibility index (Phi) is 6.32. The van der Waals surface area contributed by atoms with E-state index in [0.717, 1.165) is 16.8 Å². The maximum Gasteiger partial charge on any atom is 0.265 e. The first-order chi connectivity index (χ1) is 16.9. The Bertz CT molecular complexity index is 1460. The number of aryl methyl sites for hydroxylation is 1. The Balaban J connectivity index is 1.73. The number of hydrogen-bond acceptors (Lipinski definition) is 4. The van der Waals surface area contributed by atoms with Gasteiger partial charge in [-0.3, -0.25) is 5.01 Å². The number of nitrogens with zero attached hydrogens (tertiary/aromatic N) is 3. The third-order valence-electron chi connectivity index (χ3n) is 6.00. The van der Waals surface area contributed by atoms with E-state index in [1.54, 1.807) is 36.4 Å². The van der Waals surface area contributed by atoms with Crippen molar-refractivity contribution in [2.75, 3.05) is 11.6 Å². The summed E-state index contributed by atoms with van der Waals surface area (Å²) in [6.07, 6.45) is 0. The average molecular weight is 502 g/mol. The summed E-state index contributed by atoms with van der Waals surface area (Å²) in [7, 11) is -3.92. The molecule has 1 aliphatic heterocycles. The molecule has 0 saturated carbocycles. The Morgan fingerprint density at radius 3 is 2.06 bits per heavy atom. The van der Waals surface area contributed by atoms with Crippen molar-refractivity contribution < 1.29 is 8.42 Å². The molecule has 0 fully saturated rings. The summed E-state index contributed by atoms with van der Waals surface area (Å²) in [6, 6.07) is 33.3. The van der Waals surface area contributed by atoms with Crippen LogP contribution >= 0.6 is 11.6 Å². The molecule has 0 aliphatic carbocycles. The normalized spacial score (nSPS) is 16.2. The van der Waals surface area contributed by atoms with Gasteiger partial charge in [-0.1, -0.05) is 90.0 Å². The van der Waals surface area contributed by atoms with Gasteiger partial charge in [0.1, 0.15) is 0 Å². The third kappa shape index (κ3) is 4.55. The molecule has 1 aliphatic rings. The molecule has 35 heavy (non-hydrogen) atoms. The van der Waals surface area contributed by atoms with E-state index in [0.29, 0.717) is 10.6 Å². The van der Waals surface area contributed by atoms with E-state index in [4.69, 9.17) is 16.7 Å². The van der Waals surface area contributed by atoms with Gasteiger partial charge in [0.2, 0.25) is 0 Å². The van der Waals surface area contributed by atoms with Gasteiger partial charge in [0.15, 0.2) is 5.84 Å². The Morgan fingerprint density at radius 2 is 1.40 bits per heavy atom. The largest absolute Gasteiger partial charge is 0.265 e. The van der Waals surface area contributed by atoms with Crippen molar-refractivity contribution in [3.8, 4) is 0 Å². The second-order valence-corrected chi connectivity index (χ2v) is 10.6. The average Bonchev–Trinajstić information content (AvgIpc) is 2.89. The lowest BCUT2D eigenvalue weighted by Gasteiger charge is -2.40. The molecule has 5 nitrogen and oxygen atoms in total. The van der Waals surface area contributed by atoms with Crippen molar-refractivity contribution in [3.63, 3.8) is 0 Å². The van der Waals surface area contributed by atoms with Gasteiger partial charge >= 0.3 is 0 Å². The number of sulfonamides is 1. The first-order valence-corrected chi connectivity index (χ1v) is 13.1. The second-order valence-electron chi connectivity index (χ2n) is 8.36. The lowest BCUT2D eigenvalue weighted by Crippen LogP contribution is -2.48. The lowest BCUT2D eigenvalue weighted by atomic mass is 10.0. The third-order valence-corrected chi connectivity index (χ3v) is 8.10. The number of rotatable bonds is 5. The molecule has 1 heterocycles. The van der Waals surface area contributed by atoms with Crippen LogP contribution in [0, 0.1) is 6.92 Å². The van der Waals surface area contributed by atoms with E-state index in [1.807, 2.05) is 84.7 Å². The highest BCUT2D eigenvalue weighted by atomic mass is 35.5. The molecule has 0 N–H and O–H groups in total. The molecule has 1 atom stereocenters. The number of anilines is 1. The highest BCUT2D eigenvalue weighted by Crippen LogP contribution is 2.36. The van der Waals surface area contributed by atoms with E-state index in [9.17, 15) is 8.42 Å². The predicted octanol–water partition coefficient (Wildman–Crippen LogP) is 6.26. The molecule has 0 saturated heterocycles. The zero-order chi connectivity index (χ0) is 24.4. The maximum atomic E-state index is 14.0. The molecule has 1 unspecified atom stereocenters. The SMILES string of the molecule is Cc1ccc(S(=O)(=O)N2CC(c3ccccc3)N(c3ccccc3)N=C2c2ccccc2Cl)cc1. The number of amidine groups is 1. The monoisotopic (exact) mass is 501 g/mol. The Morgan fingerprint density at radius 1 is 0.800 bits per heavy atom. The summed E-state index contributed by atoms with van der Waals surface area (Å²) in [5.41, 5.74) is 3.36. The van der Waals surface area contributed by atoms with E-state index in [2.05, 4.69) is 0 Å². The number of benzene rings is 4. The lowest BCUT2D eigenvalue weighted by molar-refractivity contribution is 0.454. The van der Waals surface area contributed by atoms with Crippen molar-refractivity contribution in [1.82, 2.24) is 4.31 Å². The molecule has 0 amide bonds. The van der Waals surface area contributed by atoms with Crippen LogP contribution in [0.5, 0.6) is 0 Å². The van der Waals surface area contributed by atoms with Crippen molar-refractivity contribution >= 4 is 33.1 Å². The highest BCUT2D eigenvalue weighted by molar-refractivity contribution is 7.89. The summed E-state index contributed by atoms with van der Waals surface area (Å²) >= 11 is 6.57. The van der Waals surface area contributed by atoms with Crippen molar-refractivity contribution in [2.24, 2.45) is 5.10 Å². The molecule has 0 aromatic heterocycles. The number of halogens is 1. The smallest absolute Gasteiger partial charge is 0.254 e. The number of hydrazone groups is 1. The minimum Gasteiger partial charge on any atom is -0.254 e. The van der Waals surface area contributed by atoms with Crippen LogP contribution in [0.25, 0.3) is 0 Å². The molecule has 4 aromatic rings. The molecule has 5 rings (SSSR count). The van der Waals surface area contributed by atoms with Gasteiger partial charge in [-0.15, -0.1) is 0 Å². The zero-order valence-corrected chi connectivity index (χ0v) is 20.7. The fourth-order valence-corrected chi connectivity index (χ4v) is 5.82. The van der Waals surface area contributed by atoms with Crippen LogP contribution in [0.2, 0.25) is 5.02 Å². The summed E-state index contributed by atoms with van der Waals surface area (Å²) < 4.78 is 29.4. The van der Waals surface area contributed by atoms with Crippen molar-refractivity contribution in [2.45, 2.75) is 17.9 Å². The highest BCUT2D eigenvalue weighted by Gasteiger charge is 2.38. The molecular formula is C28H24ClN3O2S. The van der Waals surface area contributed by atoms with Gasteiger partial charge in [0.05, 0.1) is 28.2 Å². The number of hydrogen-bond donors (Lipinski definition) is 0. The molecule has 0 radical (unpaired) electrons. The zero-order valence-electron chi connectivity index (χ0n) is 19.1. The van der Waals surface area contributed by atoms with E-state index >= 15 is 0 Å². The molecule has 0 spiro atoms. The van der Waals surface area contributed by atoms with E-state index < -0.39 is 10.0 Å². The fourth-order valence-electron chi connectivity index (χ4n) is 4.16. The number of para-hydroxylation sites is 1. The van der Waals surface area contributed by atoms with Gasteiger partial charge in [0.25, 0.3) is 10.0 Å². The quantitative estimate of drug-likeness (QED) is 0.324. The van der Waals surface area contributed by atoms with Gasteiger partial charge in [-0.25, -0.2) is 12.7 Å². The minimum absolute atomic E-state index is 0.166.